The highest BCUT2D eigenvalue weighted by Crippen LogP contribution is 2.29. The minimum atomic E-state index is -0.759. The molecular formula is C13H6BrF3N2. The molecule has 1 N–H and O–H groups in total. The van der Waals surface area contributed by atoms with Gasteiger partial charge in [-0.25, -0.2) is 18.2 Å². The second-order valence-electron chi connectivity index (χ2n) is 3.99. The van der Waals surface area contributed by atoms with Gasteiger partial charge in [0.2, 0.25) is 0 Å². The van der Waals surface area contributed by atoms with Gasteiger partial charge < -0.3 is 4.98 Å². The standard InChI is InChI=1S/C13H6BrF3N2/c14-9-2-1-6(15)3-8(9)13-18-11-5-7(16)4-10(17)12(11)19-13/h1-5H,(H,18,19). The minimum Gasteiger partial charge on any atom is -0.338 e. The summed E-state index contributed by atoms with van der Waals surface area (Å²) in [6.07, 6.45) is 0. The summed E-state index contributed by atoms with van der Waals surface area (Å²) in [6.45, 7) is 0. The zero-order valence-electron chi connectivity index (χ0n) is 9.35. The molecule has 0 aliphatic rings. The Morgan fingerprint density at radius 1 is 1.00 bits per heavy atom. The van der Waals surface area contributed by atoms with E-state index in [0.717, 1.165) is 12.1 Å². The Bertz CT molecular complexity index is 783. The van der Waals surface area contributed by atoms with E-state index in [1.165, 1.54) is 18.2 Å². The van der Waals surface area contributed by atoms with Crippen molar-refractivity contribution < 1.29 is 13.2 Å². The van der Waals surface area contributed by atoms with Crippen LogP contribution in [0.1, 0.15) is 0 Å². The lowest BCUT2D eigenvalue weighted by Gasteiger charge is -2.00. The van der Waals surface area contributed by atoms with Crippen LogP contribution in [0.25, 0.3) is 22.4 Å². The molecule has 0 amide bonds. The summed E-state index contributed by atoms with van der Waals surface area (Å²) < 4.78 is 40.5. The molecular weight excluding hydrogens is 321 g/mol. The van der Waals surface area contributed by atoms with Crippen LogP contribution in [-0.2, 0) is 0 Å². The Morgan fingerprint density at radius 2 is 1.79 bits per heavy atom. The van der Waals surface area contributed by atoms with Crippen LogP contribution in [0, 0.1) is 17.5 Å². The summed E-state index contributed by atoms with van der Waals surface area (Å²) in [4.78, 5) is 6.81. The predicted molar refractivity (Wildman–Crippen MR) is 69.1 cm³/mol. The number of hydrogen-bond donors (Lipinski definition) is 1. The summed E-state index contributed by atoms with van der Waals surface area (Å²) in [7, 11) is 0. The van der Waals surface area contributed by atoms with Crippen LogP contribution in [0.2, 0.25) is 0 Å². The molecule has 1 aromatic heterocycles. The molecule has 2 aromatic carbocycles. The first-order valence-corrected chi connectivity index (χ1v) is 6.14. The Morgan fingerprint density at radius 3 is 2.58 bits per heavy atom. The van der Waals surface area contributed by atoms with Gasteiger partial charge in [-0.3, -0.25) is 0 Å². The third kappa shape index (κ3) is 2.12. The van der Waals surface area contributed by atoms with Crippen LogP contribution in [0.5, 0.6) is 0 Å². The lowest BCUT2D eigenvalue weighted by atomic mass is 10.2. The molecule has 0 aliphatic carbocycles. The van der Waals surface area contributed by atoms with Gasteiger partial charge in [0.05, 0.1) is 5.52 Å². The molecule has 0 aliphatic heterocycles. The van der Waals surface area contributed by atoms with Gasteiger partial charge in [0, 0.05) is 16.1 Å². The van der Waals surface area contributed by atoms with Crippen molar-refractivity contribution in [3.63, 3.8) is 0 Å². The fourth-order valence-corrected chi connectivity index (χ4v) is 2.28. The first-order valence-electron chi connectivity index (χ1n) is 5.35. The summed E-state index contributed by atoms with van der Waals surface area (Å²) in [5, 5.41) is 0. The second-order valence-corrected chi connectivity index (χ2v) is 4.85. The Kier molecular flexibility index (Phi) is 2.82. The van der Waals surface area contributed by atoms with Crippen molar-refractivity contribution >= 4 is 27.0 Å². The molecule has 3 aromatic rings. The van der Waals surface area contributed by atoms with Crippen molar-refractivity contribution in [1.82, 2.24) is 9.97 Å². The van der Waals surface area contributed by atoms with Crippen molar-refractivity contribution in [1.29, 1.82) is 0 Å². The largest absolute Gasteiger partial charge is 0.338 e. The minimum absolute atomic E-state index is 0.0209. The van der Waals surface area contributed by atoms with Crippen molar-refractivity contribution in [3.05, 3.63) is 52.3 Å². The van der Waals surface area contributed by atoms with Gasteiger partial charge in [-0.15, -0.1) is 0 Å². The molecule has 19 heavy (non-hydrogen) atoms. The molecule has 0 spiro atoms. The number of fused-ring (bicyclic) bond motifs is 1. The van der Waals surface area contributed by atoms with Gasteiger partial charge in [-0.05, 0) is 24.3 Å². The lowest BCUT2D eigenvalue weighted by molar-refractivity contribution is 0.591. The topological polar surface area (TPSA) is 28.7 Å². The number of benzene rings is 2. The zero-order valence-corrected chi connectivity index (χ0v) is 10.9. The van der Waals surface area contributed by atoms with Crippen LogP contribution >= 0.6 is 15.9 Å². The van der Waals surface area contributed by atoms with E-state index in [2.05, 4.69) is 25.9 Å². The maximum atomic E-state index is 13.5. The zero-order chi connectivity index (χ0) is 13.6. The third-order valence-electron chi connectivity index (χ3n) is 2.69. The highest BCUT2D eigenvalue weighted by Gasteiger charge is 2.13. The van der Waals surface area contributed by atoms with Crippen LogP contribution in [-0.4, -0.2) is 9.97 Å². The average Bonchev–Trinajstić information content (AvgIpc) is 2.76. The van der Waals surface area contributed by atoms with Crippen LogP contribution in [0.3, 0.4) is 0 Å². The highest BCUT2D eigenvalue weighted by atomic mass is 79.9. The first-order chi connectivity index (χ1) is 9.04. The molecule has 0 bridgehead atoms. The van der Waals surface area contributed by atoms with Crippen LogP contribution < -0.4 is 0 Å². The molecule has 0 fully saturated rings. The quantitative estimate of drug-likeness (QED) is 0.705. The van der Waals surface area contributed by atoms with Gasteiger partial charge in [0.25, 0.3) is 0 Å². The SMILES string of the molecule is Fc1ccc(Br)c(-c2nc3c(F)cc(F)cc3[nH]2)c1. The fourth-order valence-electron chi connectivity index (χ4n) is 1.85. The number of nitrogens with one attached hydrogen (secondary N) is 1. The van der Waals surface area contributed by atoms with Gasteiger partial charge >= 0.3 is 0 Å². The second kappa shape index (κ2) is 4.38. The van der Waals surface area contributed by atoms with Crippen molar-refractivity contribution in [2.45, 2.75) is 0 Å². The van der Waals surface area contributed by atoms with E-state index in [1.54, 1.807) is 0 Å². The molecule has 0 unspecified atom stereocenters. The number of hydrogen-bond acceptors (Lipinski definition) is 1. The third-order valence-corrected chi connectivity index (χ3v) is 3.38. The molecule has 0 radical (unpaired) electrons. The average molecular weight is 327 g/mol. The predicted octanol–water partition coefficient (Wildman–Crippen LogP) is 4.41. The molecule has 6 heteroatoms. The number of aromatic amines is 1. The van der Waals surface area contributed by atoms with Crippen molar-refractivity contribution in [2.75, 3.05) is 0 Å². The number of halogens is 4. The molecule has 0 saturated heterocycles. The van der Waals surface area contributed by atoms with E-state index in [4.69, 9.17) is 0 Å². The number of imidazole rings is 1. The Labute approximate surface area is 114 Å². The number of rotatable bonds is 1. The monoisotopic (exact) mass is 326 g/mol. The summed E-state index contributed by atoms with van der Waals surface area (Å²) >= 11 is 3.26. The van der Waals surface area contributed by atoms with Crippen molar-refractivity contribution in [3.8, 4) is 11.4 Å². The maximum Gasteiger partial charge on any atom is 0.153 e. The Balaban J connectivity index is 2.26. The first kappa shape index (κ1) is 12.2. The highest BCUT2D eigenvalue weighted by molar-refractivity contribution is 9.10. The smallest absolute Gasteiger partial charge is 0.153 e. The van der Waals surface area contributed by atoms with Gasteiger partial charge in [-0.2, -0.15) is 0 Å². The number of nitrogens with zero attached hydrogens (tertiary/aromatic N) is 1. The van der Waals surface area contributed by atoms with Crippen LogP contribution in [0.4, 0.5) is 13.2 Å². The molecule has 96 valence electrons. The van der Waals surface area contributed by atoms with Crippen LogP contribution in [0.15, 0.2) is 34.8 Å². The lowest BCUT2D eigenvalue weighted by Crippen LogP contribution is -1.84. The van der Waals surface area contributed by atoms with E-state index >= 15 is 0 Å². The normalized spacial score (nSPS) is 11.2. The summed E-state index contributed by atoms with van der Waals surface area (Å²) in [5.74, 6) is -1.63. The molecule has 1 heterocycles. The Hall–Kier alpha value is -1.82. The van der Waals surface area contributed by atoms with Gasteiger partial charge in [-0.1, -0.05) is 15.9 Å². The summed E-state index contributed by atoms with van der Waals surface area (Å²) in [5.41, 5.74) is 0.687. The van der Waals surface area contributed by atoms with E-state index in [1.807, 2.05) is 0 Å². The maximum absolute atomic E-state index is 13.5. The van der Waals surface area contributed by atoms with Gasteiger partial charge in [0.1, 0.15) is 23.0 Å². The number of aromatic nitrogens is 2. The van der Waals surface area contributed by atoms with Gasteiger partial charge in [0.15, 0.2) is 5.82 Å². The van der Waals surface area contributed by atoms with E-state index in [9.17, 15) is 13.2 Å². The molecule has 0 atom stereocenters. The molecule has 2 nitrogen and oxygen atoms in total. The van der Waals surface area contributed by atoms with E-state index in [-0.39, 0.29) is 16.9 Å². The molecule has 3 rings (SSSR count). The fraction of sp³-hybridized carbons (Fsp3) is 0. The van der Waals surface area contributed by atoms with E-state index in [0.29, 0.717) is 10.0 Å². The van der Waals surface area contributed by atoms with Crippen molar-refractivity contribution in [2.24, 2.45) is 0 Å². The number of H-pyrrole nitrogens is 1. The molecule has 0 saturated carbocycles. The van der Waals surface area contributed by atoms with E-state index < -0.39 is 17.5 Å². The summed E-state index contributed by atoms with van der Waals surface area (Å²) in [6, 6.07) is 5.97.